The maximum atomic E-state index is 11.3. The van der Waals surface area contributed by atoms with Crippen molar-refractivity contribution in [2.75, 3.05) is 11.9 Å². The lowest BCUT2D eigenvalue weighted by Crippen LogP contribution is -2.33. The number of aliphatic hydroxyl groups is 1. The van der Waals surface area contributed by atoms with Gasteiger partial charge in [-0.1, -0.05) is 26.5 Å². The number of nitrogens with two attached hydrogens (primary N) is 1. The number of hydrogen-bond acceptors (Lipinski definition) is 5. The highest BCUT2D eigenvalue weighted by atomic mass is 79.9. The van der Waals surface area contributed by atoms with Gasteiger partial charge in [0.2, 0.25) is 10.0 Å². The molecule has 7 nitrogen and oxygen atoms in total. The van der Waals surface area contributed by atoms with E-state index in [9.17, 15) is 13.5 Å². The van der Waals surface area contributed by atoms with Crippen LogP contribution in [-0.4, -0.2) is 32.0 Å². The van der Waals surface area contributed by atoms with E-state index in [4.69, 9.17) is 5.14 Å². The number of sulfonamides is 1. The van der Waals surface area contributed by atoms with Crippen LogP contribution in [0.2, 0.25) is 0 Å². The number of benzene rings is 1. The molecule has 1 rings (SSSR count). The van der Waals surface area contributed by atoms with Gasteiger partial charge >= 0.3 is 0 Å². The van der Waals surface area contributed by atoms with Gasteiger partial charge in [0.1, 0.15) is 11.7 Å². The molecule has 0 aliphatic carbocycles. The summed E-state index contributed by atoms with van der Waals surface area (Å²) in [6.07, 6.45) is 2.40. The summed E-state index contributed by atoms with van der Waals surface area (Å²) in [4.78, 5) is 4.55. The Morgan fingerprint density at radius 1 is 1.37 bits per heavy atom. The third kappa shape index (κ3) is 8.25. The van der Waals surface area contributed by atoms with Crippen molar-refractivity contribution >= 4 is 37.5 Å². The number of hydrogen-bond donors (Lipinski definition) is 4. The molecule has 5 N–H and O–H groups in total. The van der Waals surface area contributed by atoms with Crippen molar-refractivity contribution in [3.8, 4) is 0 Å². The molecule has 1 aromatic carbocycles. The molecule has 27 heavy (non-hydrogen) atoms. The van der Waals surface area contributed by atoms with Gasteiger partial charge in [-0.05, 0) is 59.5 Å². The van der Waals surface area contributed by atoms with Gasteiger partial charge in [-0.15, -0.1) is 0 Å². The molecule has 0 fully saturated rings. The summed E-state index contributed by atoms with van der Waals surface area (Å²) < 4.78 is 23.3. The SMILES string of the molecule is C=C/C(Br)=C(\N=C(/C)Nc1ccc(S(N)(=O)=O)cc1)NC(CO)CC(C)C. The lowest BCUT2D eigenvalue weighted by molar-refractivity contribution is 0.232. The molecule has 9 heteroatoms. The first kappa shape index (κ1) is 23.4. The summed E-state index contributed by atoms with van der Waals surface area (Å²) in [6, 6.07) is 5.91. The largest absolute Gasteiger partial charge is 0.394 e. The Morgan fingerprint density at radius 2 is 1.96 bits per heavy atom. The Kier molecular flexibility index (Phi) is 9.17. The molecule has 0 saturated carbocycles. The highest BCUT2D eigenvalue weighted by molar-refractivity contribution is 9.11. The van der Waals surface area contributed by atoms with Crippen LogP contribution in [0, 0.1) is 5.92 Å². The zero-order valence-electron chi connectivity index (χ0n) is 15.7. The molecule has 0 saturated heterocycles. The summed E-state index contributed by atoms with van der Waals surface area (Å²) >= 11 is 3.41. The van der Waals surface area contributed by atoms with E-state index in [2.05, 4.69) is 52.0 Å². The molecule has 0 aliphatic heterocycles. The van der Waals surface area contributed by atoms with E-state index in [1.165, 1.54) is 12.1 Å². The van der Waals surface area contributed by atoms with Crippen LogP contribution in [0.15, 0.2) is 57.1 Å². The molecular formula is C18H27BrN4O3S. The van der Waals surface area contributed by atoms with Crippen LogP contribution in [0.1, 0.15) is 27.2 Å². The number of rotatable bonds is 9. The molecule has 150 valence electrons. The molecule has 0 amide bonds. The summed E-state index contributed by atoms with van der Waals surface area (Å²) in [5, 5.41) is 21.0. The van der Waals surface area contributed by atoms with Crippen molar-refractivity contribution in [3.05, 3.63) is 47.2 Å². The normalized spacial score (nSPS) is 14.6. The predicted octanol–water partition coefficient (Wildman–Crippen LogP) is 2.91. The van der Waals surface area contributed by atoms with E-state index in [-0.39, 0.29) is 17.5 Å². The summed E-state index contributed by atoms with van der Waals surface area (Å²) in [7, 11) is -3.72. The maximum Gasteiger partial charge on any atom is 0.238 e. The Hall–Kier alpha value is -1.68. The Bertz CT molecular complexity index is 802. The second-order valence-electron chi connectivity index (χ2n) is 6.45. The average Bonchev–Trinajstić information content (AvgIpc) is 2.58. The number of aliphatic imine (C=N–C) groups is 1. The minimum absolute atomic E-state index is 0.0177. The molecule has 1 unspecified atom stereocenters. The first-order chi connectivity index (χ1) is 12.6. The number of primary sulfonamides is 1. The van der Waals surface area contributed by atoms with E-state index in [0.29, 0.717) is 27.7 Å². The van der Waals surface area contributed by atoms with Gasteiger partial charge in [0.25, 0.3) is 0 Å². The van der Waals surface area contributed by atoms with Crippen LogP contribution in [0.5, 0.6) is 0 Å². The van der Waals surface area contributed by atoms with Gasteiger partial charge in [-0.2, -0.15) is 0 Å². The molecule has 0 spiro atoms. The molecule has 1 aromatic rings. The summed E-state index contributed by atoms with van der Waals surface area (Å²) in [5.41, 5.74) is 0.665. The number of nitrogens with one attached hydrogen (secondary N) is 2. The fourth-order valence-electron chi connectivity index (χ4n) is 2.33. The number of nitrogens with zero attached hydrogens (tertiary/aromatic N) is 1. The fourth-order valence-corrected chi connectivity index (χ4v) is 3.04. The fraction of sp³-hybridized carbons (Fsp3) is 0.389. The van der Waals surface area contributed by atoms with Crippen LogP contribution < -0.4 is 15.8 Å². The minimum Gasteiger partial charge on any atom is -0.394 e. The Morgan fingerprint density at radius 3 is 2.41 bits per heavy atom. The maximum absolute atomic E-state index is 11.3. The zero-order valence-corrected chi connectivity index (χ0v) is 18.1. The predicted molar refractivity (Wildman–Crippen MR) is 114 cm³/mol. The van der Waals surface area contributed by atoms with Gasteiger partial charge in [0.15, 0.2) is 0 Å². The standard InChI is InChI=1S/C18H27BrN4O3S/c1-5-17(19)18(23-15(11-24)10-12(2)3)22-13(4)21-14-6-8-16(9-7-14)27(20,25)26/h5-9,12,15,23-24H,1,10-11H2,2-4H3,(H,21,22)(H2,20,25,26)/b18-17-. The van der Waals surface area contributed by atoms with Crippen molar-refractivity contribution in [2.45, 2.75) is 38.1 Å². The second kappa shape index (κ2) is 10.6. The van der Waals surface area contributed by atoms with E-state index >= 15 is 0 Å². The van der Waals surface area contributed by atoms with Crippen molar-refractivity contribution in [3.63, 3.8) is 0 Å². The van der Waals surface area contributed by atoms with Gasteiger partial charge in [-0.25, -0.2) is 18.5 Å². The van der Waals surface area contributed by atoms with Crippen LogP contribution in [-0.2, 0) is 10.0 Å². The molecule has 0 radical (unpaired) electrons. The van der Waals surface area contributed by atoms with E-state index in [0.717, 1.165) is 6.42 Å². The molecule has 0 heterocycles. The second-order valence-corrected chi connectivity index (χ2v) is 8.86. The van der Waals surface area contributed by atoms with E-state index in [1.807, 2.05) is 0 Å². The zero-order chi connectivity index (χ0) is 20.6. The van der Waals surface area contributed by atoms with Gasteiger partial charge in [0, 0.05) is 5.69 Å². The van der Waals surface area contributed by atoms with Crippen LogP contribution >= 0.6 is 15.9 Å². The third-order valence-electron chi connectivity index (χ3n) is 3.51. The van der Waals surface area contributed by atoms with Crippen LogP contribution in [0.4, 0.5) is 5.69 Å². The lowest BCUT2D eigenvalue weighted by atomic mass is 10.0. The third-order valence-corrected chi connectivity index (χ3v) is 5.14. The number of aliphatic hydroxyl groups excluding tert-OH is 1. The first-order valence-electron chi connectivity index (χ1n) is 8.41. The van der Waals surface area contributed by atoms with Crippen molar-refractivity contribution in [2.24, 2.45) is 16.0 Å². The van der Waals surface area contributed by atoms with Crippen LogP contribution in [0.3, 0.4) is 0 Å². The molecule has 0 aliphatic rings. The van der Waals surface area contributed by atoms with Gasteiger partial charge < -0.3 is 15.7 Å². The first-order valence-corrected chi connectivity index (χ1v) is 10.8. The van der Waals surface area contributed by atoms with E-state index < -0.39 is 10.0 Å². The number of allylic oxidation sites excluding steroid dienone is 2. The van der Waals surface area contributed by atoms with Crippen molar-refractivity contribution in [1.82, 2.24) is 5.32 Å². The number of amidine groups is 1. The van der Waals surface area contributed by atoms with Crippen LogP contribution in [0.25, 0.3) is 0 Å². The van der Waals surface area contributed by atoms with Gasteiger partial charge in [0.05, 0.1) is 22.0 Å². The lowest BCUT2D eigenvalue weighted by Gasteiger charge is -2.20. The van der Waals surface area contributed by atoms with E-state index in [1.54, 1.807) is 25.1 Å². The molecule has 1 atom stereocenters. The van der Waals surface area contributed by atoms with Crippen molar-refractivity contribution in [1.29, 1.82) is 0 Å². The summed E-state index contributed by atoms with van der Waals surface area (Å²) in [6.45, 7) is 9.65. The Balaban J connectivity index is 2.98. The number of halogens is 1. The number of anilines is 1. The monoisotopic (exact) mass is 458 g/mol. The molecular weight excluding hydrogens is 432 g/mol. The average molecular weight is 459 g/mol. The smallest absolute Gasteiger partial charge is 0.238 e. The molecule has 0 aromatic heterocycles. The topological polar surface area (TPSA) is 117 Å². The highest BCUT2D eigenvalue weighted by Crippen LogP contribution is 2.17. The minimum atomic E-state index is -3.72. The molecule has 0 bridgehead atoms. The quantitative estimate of drug-likeness (QED) is 0.257. The summed E-state index contributed by atoms with van der Waals surface area (Å²) in [5.74, 6) is 1.52. The highest BCUT2D eigenvalue weighted by Gasteiger charge is 2.13. The van der Waals surface area contributed by atoms with Gasteiger partial charge in [-0.3, -0.25) is 0 Å². The Labute approximate surface area is 169 Å². The van der Waals surface area contributed by atoms with Crippen molar-refractivity contribution < 1.29 is 13.5 Å².